The standard InChI is InChI=1S/C25H27F2N3O3/c26-21-7-5-18(6-8-21)25(33)19-9-11-28(12-10-19)13-14-30-23(31)16-29(17-24(30)32)15-20-3-1-2-4-22(20)27/h1-8,19H,9-17H2. The van der Waals surface area contributed by atoms with Crippen LogP contribution in [0.15, 0.2) is 48.5 Å². The molecule has 0 bridgehead atoms. The Morgan fingerprint density at radius 2 is 1.48 bits per heavy atom. The highest BCUT2D eigenvalue weighted by atomic mass is 19.1. The number of ketones is 1. The molecule has 2 aromatic rings. The monoisotopic (exact) mass is 455 g/mol. The van der Waals surface area contributed by atoms with Gasteiger partial charge in [-0.15, -0.1) is 0 Å². The van der Waals surface area contributed by atoms with Crippen LogP contribution < -0.4 is 0 Å². The number of amides is 2. The summed E-state index contributed by atoms with van der Waals surface area (Å²) in [6.45, 7) is 2.64. The molecular weight excluding hydrogens is 428 g/mol. The first kappa shape index (κ1) is 23.2. The van der Waals surface area contributed by atoms with Crippen molar-refractivity contribution in [3.05, 3.63) is 71.3 Å². The maximum absolute atomic E-state index is 13.9. The van der Waals surface area contributed by atoms with Crippen LogP contribution >= 0.6 is 0 Å². The smallest absolute Gasteiger partial charge is 0.243 e. The lowest BCUT2D eigenvalue weighted by atomic mass is 9.89. The van der Waals surface area contributed by atoms with Crippen LogP contribution in [0.3, 0.4) is 0 Å². The molecule has 2 aliphatic heterocycles. The van der Waals surface area contributed by atoms with Crippen LogP contribution in [0.4, 0.5) is 8.78 Å². The Kier molecular flexibility index (Phi) is 7.25. The number of rotatable bonds is 7. The van der Waals surface area contributed by atoms with Crippen LogP contribution in [0.2, 0.25) is 0 Å². The molecule has 0 aliphatic carbocycles. The third-order valence-corrected chi connectivity index (χ3v) is 6.40. The lowest BCUT2D eigenvalue weighted by Gasteiger charge is -2.35. The first-order chi connectivity index (χ1) is 15.9. The fraction of sp³-hybridized carbons (Fsp3) is 0.400. The molecule has 2 fully saturated rings. The Morgan fingerprint density at radius 1 is 0.848 bits per heavy atom. The molecule has 6 nitrogen and oxygen atoms in total. The van der Waals surface area contributed by atoms with E-state index in [0.29, 0.717) is 50.1 Å². The van der Waals surface area contributed by atoms with Crippen molar-refractivity contribution in [3.8, 4) is 0 Å². The van der Waals surface area contributed by atoms with Gasteiger partial charge in [-0.3, -0.25) is 24.2 Å². The number of imide groups is 1. The molecule has 0 N–H and O–H groups in total. The van der Waals surface area contributed by atoms with Gasteiger partial charge in [-0.1, -0.05) is 18.2 Å². The average Bonchev–Trinajstić information content (AvgIpc) is 2.80. The Labute approximate surface area is 191 Å². The van der Waals surface area contributed by atoms with Crippen LogP contribution in [0, 0.1) is 17.6 Å². The molecule has 4 rings (SSSR count). The van der Waals surface area contributed by atoms with Crippen LogP contribution in [-0.2, 0) is 16.1 Å². The summed E-state index contributed by atoms with van der Waals surface area (Å²) < 4.78 is 27.0. The van der Waals surface area contributed by atoms with Gasteiger partial charge < -0.3 is 4.90 Å². The minimum absolute atomic E-state index is 0.0333. The lowest BCUT2D eigenvalue weighted by molar-refractivity contribution is -0.151. The molecule has 0 radical (unpaired) electrons. The minimum atomic E-state index is -0.362. The van der Waals surface area contributed by atoms with Crippen molar-refractivity contribution in [2.75, 3.05) is 39.3 Å². The Hall–Kier alpha value is -2.97. The number of piperazine rings is 1. The fourth-order valence-electron chi connectivity index (χ4n) is 4.49. The highest BCUT2D eigenvalue weighted by Gasteiger charge is 2.32. The molecule has 8 heteroatoms. The van der Waals surface area contributed by atoms with E-state index in [-0.39, 0.29) is 54.8 Å². The van der Waals surface area contributed by atoms with Gasteiger partial charge >= 0.3 is 0 Å². The maximum Gasteiger partial charge on any atom is 0.243 e. The van der Waals surface area contributed by atoms with Crippen molar-refractivity contribution in [1.82, 2.24) is 14.7 Å². The van der Waals surface area contributed by atoms with E-state index in [1.54, 1.807) is 23.1 Å². The van der Waals surface area contributed by atoms with Crippen molar-refractivity contribution in [2.45, 2.75) is 19.4 Å². The van der Waals surface area contributed by atoms with E-state index >= 15 is 0 Å². The average molecular weight is 456 g/mol. The van der Waals surface area contributed by atoms with Gasteiger partial charge in [0, 0.05) is 36.7 Å². The first-order valence-electron chi connectivity index (χ1n) is 11.2. The molecule has 2 amide bonds. The molecule has 2 aromatic carbocycles. The Balaban J connectivity index is 1.23. The number of halogens is 2. The topological polar surface area (TPSA) is 60.9 Å². The SMILES string of the molecule is O=C(c1ccc(F)cc1)C1CCN(CCN2C(=O)CN(Cc3ccccc3F)CC2=O)CC1. The van der Waals surface area contributed by atoms with Gasteiger partial charge in [0.1, 0.15) is 11.6 Å². The summed E-state index contributed by atoms with van der Waals surface area (Å²) in [5.74, 6) is -1.32. The van der Waals surface area contributed by atoms with E-state index in [0.717, 1.165) is 0 Å². The van der Waals surface area contributed by atoms with Crippen LogP contribution in [0.5, 0.6) is 0 Å². The van der Waals surface area contributed by atoms with Crippen molar-refractivity contribution in [1.29, 1.82) is 0 Å². The molecule has 2 saturated heterocycles. The van der Waals surface area contributed by atoms with Crippen molar-refractivity contribution in [2.24, 2.45) is 5.92 Å². The summed E-state index contributed by atoms with van der Waals surface area (Å²) in [7, 11) is 0. The second-order valence-electron chi connectivity index (χ2n) is 8.66. The van der Waals surface area contributed by atoms with E-state index in [2.05, 4.69) is 4.90 Å². The summed E-state index contributed by atoms with van der Waals surface area (Å²) in [6.07, 6.45) is 1.38. The van der Waals surface area contributed by atoms with Crippen molar-refractivity contribution < 1.29 is 23.2 Å². The van der Waals surface area contributed by atoms with Gasteiger partial charge in [-0.25, -0.2) is 8.78 Å². The quantitative estimate of drug-likeness (QED) is 0.475. The number of hydrogen-bond donors (Lipinski definition) is 0. The van der Waals surface area contributed by atoms with Gasteiger partial charge in [0.25, 0.3) is 0 Å². The number of likely N-dealkylation sites (tertiary alicyclic amines) is 1. The molecule has 0 aromatic heterocycles. The largest absolute Gasteiger partial charge is 0.302 e. The van der Waals surface area contributed by atoms with E-state index in [1.165, 1.54) is 35.2 Å². The zero-order valence-electron chi connectivity index (χ0n) is 18.4. The Bertz CT molecular complexity index is 1000. The van der Waals surface area contributed by atoms with Gasteiger partial charge in [0.15, 0.2) is 5.78 Å². The lowest BCUT2D eigenvalue weighted by Crippen LogP contribution is -2.55. The van der Waals surface area contributed by atoms with Gasteiger partial charge in [0.05, 0.1) is 13.1 Å². The van der Waals surface area contributed by atoms with Crippen LogP contribution in [-0.4, -0.2) is 71.6 Å². The second-order valence-corrected chi connectivity index (χ2v) is 8.66. The first-order valence-corrected chi connectivity index (χ1v) is 11.2. The second kappa shape index (κ2) is 10.3. The molecule has 0 spiro atoms. The van der Waals surface area contributed by atoms with Crippen molar-refractivity contribution in [3.63, 3.8) is 0 Å². The number of hydrogen-bond acceptors (Lipinski definition) is 5. The van der Waals surface area contributed by atoms with Crippen LogP contribution in [0.1, 0.15) is 28.8 Å². The number of piperidine rings is 1. The van der Waals surface area contributed by atoms with Gasteiger partial charge in [-0.05, 0) is 56.3 Å². The van der Waals surface area contributed by atoms with Crippen LogP contribution in [0.25, 0.3) is 0 Å². The fourth-order valence-corrected chi connectivity index (χ4v) is 4.49. The number of carbonyl (C=O) groups is 3. The summed E-state index contributed by atoms with van der Waals surface area (Å²) in [4.78, 5) is 42.9. The van der Waals surface area contributed by atoms with Gasteiger partial charge in [-0.2, -0.15) is 0 Å². The summed E-state index contributed by atoms with van der Waals surface area (Å²) >= 11 is 0. The maximum atomic E-state index is 13.9. The minimum Gasteiger partial charge on any atom is -0.302 e. The summed E-state index contributed by atoms with van der Waals surface area (Å²) in [5.41, 5.74) is 0.990. The van der Waals surface area contributed by atoms with E-state index < -0.39 is 0 Å². The zero-order valence-corrected chi connectivity index (χ0v) is 18.4. The molecule has 33 heavy (non-hydrogen) atoms. The molecule has 0 atom stereocenters. The van der Waals surface area contributed by atoms with E-state index in [9.17, 15) is 23.2 Å². The van der Waals surface area contributed by atoms with Gasteiger partial charge in [0.2, 0.25) is 11.8 Å². The number of carbonyl (C=O) groups excluding carboxylic acids is 3. The zero-order chi connectivity index (χ0) is 23.4. The normalized spacial score (nSPS) is 18.7. The highest BCUT2D eigenvalue weighted by molar-refractivity contribution is 5.99. The number of Topliss-reactive ketones (excluding diaryl/α,β-unsaturated/α-hetero) is 1. The Morgan fingerprint density at radius 3 is 2.12 bits per heavy atom. The molecule has 0 unspecified atom stereocenters. The van der Waals surface area contributed by atoms with E-state index in [1.807, 2.05) is 0 Å². The third kappa shape index (κ3) is 5.69. The molecule has 2 heterocycles. The highest BCUT2D eigenvalue weighted by Crippen LogP contribution is 2.22. The molecular formula is C25H27F2N3O3. The molecule has 2 aliphatic rings. The molecule has 0 saturated carbocycles. The predicted octanol–water partition coefficient (Wildman–Crippen LogP) is 2.73. The number of nitrogens with zero attached hydrogens (tertiary/aromatic N) is 3. The summed E-state index contributed by atoms with van der Waals surface area (Å²) in [5, 5.41) is 0. The third-order valence-electron chi connectivity index (χ3n) is 6.40. The number of benzene rings is 2. The van der Waals surface area contributed by atoms with Crippen molar-refractivity contribution >= 4 is 17.6 Å². The molecule has 174 valence electrons. The van der Waals surface area contributed by atoms with E-state index in [4.69, 9.17) is 0 Å². The summed E-state index contributed by atoms with van der Waals surface area (Å²) in [6, 6.07) is 12.0. The predicted molar refractivity (Wildman–Crippen MR) is 118 cm³/mol.